The van der Waals surface area contributed by atoms with Gasteiger partial charge in [0.2, 0.25) is 0 Å². The number of benzene rings is 3. The Bertz CT molecular complexity index is 1310. The molecule has 0 saturated carbocycles. The van der Waals surface area contributed by atoms with Crippen molar-refractivity contribution in [2.75, 3.05) is 30.4 Å². The van der Waals surface area contributed by atoms with Gasteiger partial charge >= 0.3 is 6.48 Å². The molecule has 11 heteroatoms. The normalized spacial score (nSPS) is 14.3. The van der Waals surface area contributed by atoms with Crippen molar-refractivity contribution in [1.82, 2.24) is 4.98 Å². The number of phenolic OH excluding ortho intramolecular Hbond substituents is 1. The lowest BCUT2D eigenvalue weighted by Gasteiger charge is -2.11. The van der Waals surface area contributed by atoms with Crippen LogP contribution >= 0.6 is 23.3 Å². The standard InChI is InChI=1S/C24H23N3O6S2/c1-30-17-4-2-3-14(21(17)29)13-25-15-5-7-16(8-6-15)35-27-23-26-20-19(34-23)10-9-18-22(20)33-24(32-18)31-12-11-28/h2-10,24-25,28-29H,11-13H2,1H3,(H,26,27). The third-order valence-corrected chi connectivity index (χ3v) is 7.03. The number of nitrogens with one attached hydrogen (secondary N) is 2. The average Bonchev–Trinajstić information content (AvgIpc) is 3.49. The van der Waals surface area contributed by atoms with E-state index in [4.69, 9.17) is 24.1 Å². The van der Waals surface area contributed by atoms with E-state index in [1.165, 1.54) is 30.4 Å². The van der Waals surface area contributed by atoms with Gasteiger partial charge < -0.3 is 39.2 Å². The number of methoxy groups -OCH3 is 1. The number of aromatic nitrogens is 1. The monoisotopic (exact) mass is 513 g/mol. The van der Waals surface area contributed by atoms with Crippen molar-refractivity contribution in [2.45, 2.75) is 17.9 Å². The van der Waals surface area contributed by atoms with Crippen LogP contribution in [0.15, 0.2) is 59.5 Å². The van der Waals surface area contributed by atoms with Gasteiger partial charge in [-0.1, -0.05) is 23.5 Å². The summed E-state index contributed by atoms with van der Waals surface area (Å²) in [5, 5.41) is 23.2. The minimum atomic E-state index is -0.879. The lowest BCUT2D eigenvalue weighted by Crippen LogP contribution is -2.23. The van der Waals surface area contributed by atoms with Crippen LogP contribution in [0.5, 0.6) is 23.0 Å². The molecular formula is C24H23N3O6S2. The van der Waals surface area contributed by atoms with E-state index in [9.17, 15) is 5.11 Å². The van der Waals surface area contributed by atoms with E-state index in [0.717, 1.165) is 26.0 Å². The molecule has 9 nitrogen and oxygen atoms in total. The van der Waals surface area contributed by atoms with Gasteiger partial charge in [-0.3, -0.25) is 0 Å². The average molecular weight is 514 g/mol. The van der Waals surface area contributed by atoms with Crippen LogP contribution in [-0.4, -0.2) is 42.0 Å². The molecule has 3 aromatic carbocycles. The zero-order chi connectivity index (χ0) is 24.2. The Labute approximate surface area is 209 Å². The fourth-order valence-electron chi connectivity index (χ4n) is 3.46. The lowest BCUT2D eigenvalue weighted by molar-refractivity contribution is -0.180. The molecule has 0 bridgehead atoms. The molecule has 2 heterocycles. The van der Waals surface area contributed by atoms with Crippen molar-refractivity contribution in [1.29, 1.82) is 0 Å². The van der Waals surface area contributed by atoms with Crippen molar-refractivity contribution >= 4 is 44.3 Å². The fourth-order valence-corrected chi connectivity index (χ4v) is 4.99. The summed E-state index contributed by atoms with van der Waals surface area (Å²) in [5.41, 5.74) is 2.39. The summed E-state index contributed by atoms with van der Waals surface area (Å²) in [4.78, 5) is 5.66. The fraction of sp³-hybridized carbons (Fsp3) is 0.208. The molecule has 1 aliphatic heterocycles. The smallest absolute Gasteiger partial charge is 0.361 e. The Morgan fingerprint density at radius 3 is 2.77 bits per heavy atom. The summed E-state index contributed by atoms with van der Waals surface area (Å²) in [6, 6.07) is 17.1. The number of anilines is 2. The quantitative estimate of drug-likeness (QED) is 0.220. The number of fused-ring (bicyclic) bond motifs is 3. The minimum absolute atomic E-state index is 0.111. The number of phenols is 1. The summed E-state index contributed by atoms with van der Waals surface area (Å²) in [6.45, 7) is -0.392. The summed E-state index contributed by atoms with van der Waals surface area (Å²) < 4.78 is 26.0. The van der Waals surface area contributed by atoms with Crippen molar-refractivity contribution < 1.29 is 29.2 Å². The maximum atomic E-state index is 10.2. The second-order valence-electron chi connectivity index (χ2n) is 7.43. The van der Waals surface area contributed by atoms with Gasteiger partial charge in [0.15, 0.2) is 28.1 Å². The minimum Gasteiger partial charge on any atom is -0.504 e. The molecule has 0 fully saturated rings. The van der Waals surface area contributed by atoms with E-state index in [1.807, 2.05) is 48.5 Å². The van der Waals surface area contributed by atoms with Crippen LogP contribution in [-0.2, 0) is 11.3 Å². The Morgan fingerprint density at radius 2 is 1.97 bits per heavy atom. The summed E-state index contributed by atoms with van der Waals surface area (Å²) in [7, 11) is 1.53. The number of aromatic hydroxyl groups is 1. The van der Waals surface area contributed by atoms with Crippen LogP contribution in [0, 0.1) is 0 Å². The van der Waals surface area contributed by atoms with E-state index >= 15 is 0 Å². The van der Waals surface area contributed by atoms with Crippen molar-refractivity contribution in [3.8, 4) is 23.0 Å². The van der Waals surface area contributed by atoms with Gasteiger partial charge in [-0.2, -0.15) is 0 Å². The Morgan fingerprint density at radius 1 is 1.11 bits per heavy atom. The molecule has 0 spiro atoms. The number of para-hydroxylation sites is 1. The van der Waals surface area contributed by atoms with Crippen molar-refractivity contribution in [3.05, 3.63) is 60.2 Å². The molecule has 4 N–H and O–H groups in total. The molecule has 1 aromatic heterocycles. The van der Waals surface area contributed by atoms with Gasteiger partial charge in [-0.05, 0) is 54.4 Å². The second-order valence-corrected chi connectivity index (χ2v) is 9.34. The molecule has 0 saturated heterocycles. The van der Waals surface area contributed by atoms with Crippen LogP contribution in [0.3, 0.4) is 0 Å². The first-order valence-electron chi connectivity index (χ1n) is 10.8. The Kier molecular flexibility index (Phi) is 7.00. The maximum Gasteiger partial charge on any atom is 0.361 e. The maximum absolute atomic E-state index is 10.2. The highest BCUT2D eigenvalue weighted by atomic mass is 32.2. The SMILES string of the molecule is COc1cccc(CNc2ccc(SNc3nc4c5c(ccc4s3)OC(OCCO)O5)cc2)c1O. The molecular weight excluding hydrogens is 490 g/mol. The third-order valence-electron chi connectivity index (χ3n) is 5.16. The van der Waals surface area contributed by atoms with E-state index in [2.05, 4.69) is 15.0 Å². The molecule has 0 radical (unpaired) electrons. The molecule has 5 rings (SSSR count). The van der Waals surface area contributed by atoms with Gasteiger partial charge in [0.25, 0.3) is 0 Å². The molecule has 0 aliphatic carbocycles. The molecule has 182 valence electrons. The van der Waals surface area contributed by atoms with Crippen molar-refractivity contribution in [3.63, 3.8) is 0 Å². The van der Waals surface area contributed by atoms with Gasteiger partial charge in [-0.25, -0.2) is 4.98 Å². The highest BCUT2D eigenvalue weighted by Crippen LogP contribution is 2.44. The number of hydrogen-bond acceptors (Lipinski definition) is 11. The van der Waals surface area contributed by atoms with Gasteiger partial charge in [0, 0.05) is 22.7 Å². The Balaban J connectivity index is 1.19. The summed E-state index contributed by atoms with van der Waals surface area (Å²) in [5.74, 6) is 1.70. The van der Waals surface area contributed by atoms with Gasteiger partial charge in [0.1, 0.15) is 5.52 Å². The third kappa shape index (κ3) is 5.17. The van der Waals surface area contributed by atoms with Gasteiger partial charge in [-0.15, -0.1) is 0 Å². The number of ether oxygens (including phenoxy) is 4. The van der Waals surface area contributed by atoms with Crippen LogP contribution in [0.2, 0.25) is 0 Å². The predicted molar refractivity (Wildman–Crippen MR) is 136 cm³/mol. The number of nitrogens with zero attached hydrogens (tertiary/aromatic N) is 1. The highest BCUT2D eigenvalue weighted by molar-refractivity contribution is 8.00. The van der Waals surface area contributed by atoms with Crippen molar-refractivity contribution in [2.24, 2.45) is 0 Å². The number of thiazole rings is 1. The number of aliphatic hydroxyl groups excluding tert-OH is 1. The van der Waals surface area contributed by atoms with Gasteiger partial charge in [0.05, 0.1) is 25.0 Å². The molecule has 0 amide bonds. The first-order chi connectivity index (χ1) is 17.1. The molecule has 1 aliphatic rings. The Hall–Kier alpha value is -3.38. The summed E-state index contributed by atoms with van der Waals surface area (Å²) >= 11 is 2.96. The topological polar surface area (TPSA) is 114 Å². The molecule has 35 heavy (non-hydrogen) atoms. The largest absolute Gasteiger partial charge is 0.504 e. The highest BCUT2D eigenvalue weighted by Gasteiger charge is 2.28. The van der Waals surface area contributed by atoms with Crippen LogP contribution in [0.25, 0.3) is 10.2 Å². The second kappa shape index (κ2) is 10.5. The zero-order valence-electron chi connectivity index (χ0n) is 18.7. The van der Waals surface area contributed by atoms with E-state index < -0.39 is 6.48 Å². The molecule has 4 aromatic rings. The van der Waals surface area contributed by atoms with E-state index in [1.54, 1.807) is 6.07 Å². The number of hydrogen-bond donors (Lipinski definition) is 4. The summed E-state index contributed by atoms with van der Waals surface area (Å²) in [6.07, 6.45) is 0. The predicted octanol–water partition coefficient (Wildman–Crippen LogP) is 4.81. The molecule has 1 atom stereocenters. The lowest BCUT2D eigenvalue weighted by atomic mass is 10.2. The van der Waals surface area contributed by atoms with E-state index in [-0.39, 0.29) is 19.0 Å². The van der Waals surface area contributed by atoms with Crippen LogP contribution < -0.4 is 24.2 Å². The first-order valence-corrected chi connectivity index (χ1v) is 12.4. The number of aliphatic hydroxyl groups is 1. The first kappa shape index (κ1) is 23.4. The molecule has 1 unspecified atom stereocenters. The van der Waals surface area contributed by atoms with Crippen LogP contribution in [0.1, 0.15) is 5.56 Å². The zero-order valence-corrected chi connectivity index (χ0v) is 20.3. The number of rotatable bonds is 10. The van der Waals surface area contributed by atoms with E-state index in [0.29, 0.717) is 29.3 Å². The van der Waals surface area contributed by atoms with Crippen LogP contribution in [0.4, 0.5) is 10.8 Å².